The largest absolute Gasteiger partial charge is 0.376 e. The molecule has 0 aliphatic carbocycles. The van der Waals surface area contributed by atoms with Crippen LogP contribution in [0, 0.1) is 10.1 Å². The second-order valence-electron chi connectivity index (χ2n) is 6.45. The zero-order chi connectivity index (χ0) is 21.1. The number of nitro benzene ring substituents is 1. The van der Waals surface area contributed by atoms with Gasteiger partial charge in [-0.3, -0.25) is 14.9 Å². The Balaban J connectivity index is 2.08. The van der Waals surface area contributed by atoms with Crippen molar-refractivity contribution in [3.05, 3.63) is 64.2 Å². The number of non-ortho nitro benzene ring substituents is 1. The first kappa shape index (κ1) is 21.9. The molecule has 0 atom stereocenters. The maximum absolute atomic E-state index is 12.0. The lowest BCUT2D eigenvalue weighted by molar-refractivity contribution is -0.384. The fraction of sp³-hybridized carbons (Fsp3) is 0.333. The predicted molar refractivity (Wildman–Crippen MR) is 117 cm³/mol. The average Bonchev–Trinajstić information content (AvgIpc) is 2.74. The first-order valence-electron chi connectivity index (χ1n) is 9.69. The summed E-state index contributed by atoms with van der Waals surface area (Å²) in [6.45, 7) is 5.84. The van der Waals surface area contributed by atoms with Gasteiger partial charge in [-0.05, 0) is 31.5 Å². The number of hydrogen-bond donors (Lipinski definition) is 2. The molecule has 0 aliphatic rings. The summed E-state index contributed by atoms with van der Waals surface area (Å²) < 4.78 is 0. The molecule has 1 amide bonds. The maximum Gasteiger partial charge on any atom is 0.270 e. The zero-order valence-electron chi connectivity index (χ0n) is 16.8. The van der Waals surface area contributed by atoms with Gasteiger partial charge in [-0.2, -0.15) is 5.10 Å². The number of hydrogen-bond acceptors (Lipinski definition) is 6. The van der Waals surface area contributed by atoms with Crippen LogP contribution in [0.1, 0.15) is 32.3 Å². The standard InChI is InChI=1S/C21H27N5O3/c1-3-5-13-25(4-2)20-12-11-19(26(28)29)14-17(20)15-23-24-21(27)16-22-18-9-7-6-8-10-18/h6-12,14-15,22H,3-5,13,16H2,1-2H3,(H,24,27)/b23-15+. The lowest BCUT2D eigenvalue weighted by atomic mass is 10.1. The van der Waals surface area contributed by atoms with Crippen LogP contribution in [0.3, 0.4) is 0 Å². The van der Waals surface area contributed by atoms with Gasteiger partial charge in [-0.25, -0.2) is 5.43 Å². The highest BCUT2D eigenvalue weighted by Crippen LogP contribution is 2.24. The van der Waals surface area contributed by atoms with Gasteiger partial charge in [-0.1, -0.05) is 31.5 Å². The van der Waals surface area contributed by atoms with Gasteiger partial charge in [0.05, 0.1) is 17.7 Å². The van der Waals surface area contributed by atoms with Crippen molar-refractivity contribution >= 4 is 29.2 Å². The van der Waals surface area contributed by atoms with Crippen molar-refractivity contribution in [2.45, 2.75) is 26.7 Å². The molecule has 8 nitrogen and oxygen atoms in total. The fourth-order valence-corrected chi connectivity index (χ4v) is 2.80. The van der Waals surface area contributed by atoms with Gasteiger partial charge in [0.25, 0.3) is 11.6 Å². The van der Waals surface area contributed by atoms with Crippen LogP contribution in [0.4, 0.5) is 17.1 Å². The highest BCUT2D eigenvalue weighted by molar-refractivity contribution is 5.90. The minimum absolute atomic E-state index is 0.0150. The quantitative estimate of drug-likeness (QED) is 0.341. The highest BCUT2D eigenvalue weighted by atomic mass is 16.6. The number of carbonyl (C=O) groups excluding carboxylic acids is 1. The molecule has 0 radical (unpaired) electrons. The molecule has 2 rings (SSSR count). The zero-order valence-corrected chi connectivity index (χ0v) is 16.8. The fourth-order valence-electron chi connectivity index (χ4n) is 2.80. The molecule has 29 heavy (non-hydrogen) atoms. The van der Waals surface area contributed by atoms with Crippen molar-refractivity contribution in [1.82, 2.24) is 5.43 Å². The monoisotopic (exact) mass is 397 g/mol. The third-order valence-electron chi connectivity index (χ3n) is 4.35. The van der Waals surface area contributed by atoms with E-state index in [9.17, 15) is 14.9 Å². The first-order chi connectivity index (χ1) is 14.0. The summed E-state index contributed by atoms with van der Waals surface area (Å²) in [4.78, 5) is 24.8. The van der Waals surface area contributed by atoms with Crippen LogP contribution >= 0.6 is 0 Å². The van der Waals surface area contributed by atoms with Crippen LogP contribution in [-0.4, -0.2) is 36.7 Å². The maximum atomic E-state index is 12.0. The Kier molecular flexibility index (Phi) is 8.62. The minimum Gasteiger partial charge on any atom is -0.376 e. The van der Waals surface area contributed by atoms with E-state index < -0.39 is 4.92 Å². The number of rotatable bonds is 11. The normalized spacial score (nSPS) is 10.7. The van der Waals surface area contributed by atoms with E-state index >= 15 is 0 Å². The molecule has 2 aromatic carbocycles. The van der Waals surface area contributed by atoms with Gasteiger partial charge in [-0.15, -0.1) is 0 Å². The molecule has 0 unspecified atom stereocenters. The summed E-state index contributed by atoms with van der Waals surface area (Å²) >= 11 is 0. The number of benzene rings is 2. The smallest absolute Gasteiger partial charge is 0.270 e. The highest BCUT2D eigenvalue weighted by Gasteiger charge is 2.14. The summed E-state index contributed by atoms with van der Waals surface area (Å²) in [5.41, 5.74) is 4.72. The molecule has 2 aromatic rings. The Morgan fingerprint density at radius 3 is 2.62 bits per heavy atom. The Bertz CT molecular complexity index is 839. The second-order valence-corrected chi connectivity index (χ2v) is 6.45. The topological polar surface area (TPSA) is 99.9 Å². The number of nitrogens with zero attached hydrogens (tertiary/aromatic N) is 3. The van der Waals surface area contributed by atoms with Gasteiger partial charge >= 0.3 is 0 Å². The summed E-state index contributed by atoms with van der Waals surface area (Å²) in [6, 6.07) is 14.1. The SMILES string of the molecule is CCCCN(CC)c1ccc([N+](=O)[O-])cc1/C=N/NC(=O)CNc1ccccc1. The van der Waals surface area contributed by atoms with Gasteiger partial charge in [0.2, 0.25) is 0 Å². The van der Waals surface area contributed by atoms with Crippen LogP contribution in [-0.2, 0) is 4.79 Å². The van der Waals surface area contributed by atoms with Crippen LogP contribution < -0.4 is 15.6 Å². The van der Waals surface area contributed by atoms with Crippen molar-refractivity contribution < 1.29 is 9.72 Å². The Hall–Kier alpha value is -3.42. The van der Waals surface area contributed by atoms with E-state index in [1.807, 2.05) is 37.3 Å². The average molecular weight is 397 g/mol. The molecule has 0 saturated carbocycles. The Morgan fingerprint density at radius 1 is 1.21 bits per heavy atom. The van der Waals surface area contributed by atoms with E-state index in [0.717, 1.165) is 37.3 Å². The van der Waals surface area contributed by atoms with Gasteiger partial charge in [0, 0.05) is 42.2 Å². The number of nitro groups is 1. The van der Waals surface area contributed by atoms with E-state index in [1.165, 1.54) is 18.3 Å². The van der Waals surface area contributed by atoms with Gasteiger partial charge in [0.15, 0.2) is 0 Å². The third kappa shape index (κ3) is 6.91. The minimum atomic E-state index is -0.439. The molecule has 0 fully saturated rings. The van der Waals surface area contributed by atoms with Crippen molar-refractivity contribution in [3.63, 3.8) is 0 Å². The molecule has 0 heterocycles. The third-order valence-corrected chi connectivity index (χ3v) is 4.35. The number of hydrazone groups is 1. The van der Waals surface area contributed by atoms with Gasteiger partial charge in [0.1, 0.15) is 0 Å². The van der Waals surface area contributed by atoms with E-state index in [4.69, 9.17) is 0 Å². The molecule has 0 spiro atoms. The molecule has 2 N–H and O–H groups in total. The van der Waals surface area contributed by atoms with E-state index in [-0.39, 0.29) is 18.1 Å². The number of carbonyl (C=O) groups is 1. The van der Waals surface area contributed by atoms with E-state index in [0.29, 0.717) is 5.56 Å². The molecule has 0 saturated heterocycles. The number of anilines is 2. The number of para-hydroxylation sites is 1. The number of nitrogens with one attached hydrogen (secondary N) is 2. The van der Waals surface area contributed by atoms with E-state index in [2.05, 4.69) is 27.7 Å². The Morgan fingerprint density at radius 2 is 1.97 bits per heavy atom. The number of amides is 1. The van der Waals surface area contributed by atoms with Crippen LogP contribution in [0.15, 0.2) is 53.6 Å². The lowest BCUT2D eigenvalue weighted by Crippen LogP contribution is -2.26. The lowest BCUT2D eigenvalue weighted by Gasteiger charge is -2.24. The molecule has 0 aromatic heterocycles. The van der Waals surface area contributed by atoms with Crippen LogP contribution in [0.5, 0.6) is 0 Å². The van der Waals surface area contributed by atoms with Crippen molar-refractivity contribution in [2.24, 2.45) is 5.10 Å². The number of unbranched alkanes of at least 4 members (excludes halogenated alkanes) is 1. The molecule has 8 heteroatoms. The van der Waals surface area contributed by atoms with Crippen molar-refractivity contribution in [3.8, 4) is 0 Å². The molecular weight excluding hydrogens is 370 g/mol. The van der Waals surface area contributed by atoms with Crippen LogP contribution in [0.25, 0.3) is 0 Å². The van der Waals surface area contributed by atoms with Gasteiger partial charge < -0.3 is 10.2 Å². The Labute approximate surface area is 170 Å². The molecule has 0 aliphatic heterocycles. The molecular formula is C21H27N5O3. The first-order valence-corrected chi connectivity index (χ1v) is 9.69. The van der Waals surface area contributed by atoms with Crippen molar-refractivity contribution in [1.29, 1.82) is 0 Å². The summed E-state index contributed by atoms with van der Waals surface area (Å²) in [6.07, 6.45) is 3.53. The van der Waals surface area contributed by atoms with Crippen LogP contribution in [0.2, 0.25) is 0 Å². The molecule has 0 bridgehead atoms. The summed E-state index contributed by atoms with van der Waals surface area (Å²) in [5.74, 6) is -0.310. The van der Waals surface area contributed by atoms with Crippen molar-refractivity contribution in [2.75, 3.05) is 29.9 Å². The molecule has 154 valence electrons. The summed E-state index contributed by atoms with van der Waals surface area (Å²) in [5, 5.41) is 18.1. The summed E-state index contributed by atoms with van der Waals surface area (Å²) in [7, 11) is 0. The van der Waals surface area contributed by atoms with E-state index in [1.54, 1.807) is 6.07 Å². The second kappa shape index (κ2) is 11.4. The predicted octanol–water partition coefficient (Wildman–Crippen LogP) is 3.78.